The van der Waals surface area contributed by atoms with Crippen molar-refractivity contribution in [3.8, 4) is 0 Å². The molecule has 0 aromatic heterocycles. The molecule has 1 unspecified atom stereocenters. The van der Waals surface area contributed by atoms with Crippen LogP contribution in [0.1, 0.15) is 43.4 Å². The van der Waals surface area contributed by atoms with Gasteiger partial charge < -0.3 is 10.6 Å². The number of amides is 1. The zero-order valence-electron chi connectivity index (χ0n) is 17.2. The summed E-state index contributed by atoms with van der Waals surface area (Å²) >= 11 is 0. The van der Waals surface area contributed by atoms with E-state index in [1.54, 1.807) is 25.8 Å². The van der Waals surface area contributed by atoms with Crippen LogP contribution in [0, 0.1) is 26.7 Å². The first kappa shape index (κ1) is 25.9. The Kier molecular flexibility index (Phi) is 10.5. The molecule has 0 heterocycles. The highest BCUT2D eigenvalue weighted by atomic mass is 35.5. The van der Waals surface area contributed by atoms with E-state index in [0.29, 0.717) is 28.5 Å². The summed E-state index contributed by atoms with van der Waals surface area (Å²) in [7, 11) is -1.92. The summed E-state index contributed by atoms with van der Waals surface area (Å²) in [4.78, 5) is 14.1. The predicted molar refractivity (Wildman–Crippen MR) is 113 cm³/mol. The first-order valence-corrected chi connectivity index (χ1v) is 10.5. The minimum Gasteiger partial charge on any atom is -0.346 e. The molecule has 0 aliphatic rings. The van der Waals surface area contributed by atoms with Crippen molar-refractivity contribution in [2.75, 3.05) is 20.1 Å². The fourth-order valence-electron chi connectivity index (χ4n) is 2.95. The van der Waals surface area contributed by atoms with Crippen LogP contribution in [0.3, 0.4) is 0 Å². The van der Waals surface area contributed by atoms with Gasteiger partial charge in [-0.25, -0.2) is 13.1 Å². The number of aryl methyl sites for hydroxylation is 3. The Morgan fingerprint density at radius 1 is 1.19 bits per heavy atom. The van der Waals surface area contributed by atoms with E-state index < -0.39 is 10.0 Å². The Hall–Kier alpha value is -1.15. The van der Waals surface area contributed by atoms with Crippen LogP contribution in [0.4, 0.5) is 0 Å². The Labute approximate surface area is 170 Å². The lowest BCUT2D eigenvalue weighted by Crippen LogP contribution is -2.36. The fourth-order valence-corrected chi connectivity index (χ4v) is 4.43. The number of hydrogen-bond acceptors (Lipinski definition) is 4. The predicted octanol–water partition coefficient (Wildman–Crippen LogP) is 2.53. The molecule has 1 amide bonds. The van der Waals surface area contributed by atoms with E-state index in [1.807, 2.05) is 19.1 Å². The van der Waals surface area contributed by atoms with E-state index in [0.717, 1.165) is 12.0 Å². The number of halogens is 1. The molecule has 3 N–H and O–H groups in total. The molecule has 1 rings (SSSR count). The highest BCUT2D eigenvalue weighted by Crippen LogP contribution is 2.21. The van der Waals surface area contributed by atoms with Crippen molar-refractivity contribution in [2.24, 2.45) is 11.7 Å². The van der Waals surface area contributed by atoms with E-state index in [9.17, 15) is 13.2 Å². The van der Waals surface area contributed by atoms with Gasteiger partial charge in [0, 0.05) is 32.6 Å². The minimum absolute atomic E-state index is 0. The summed E-state index contributed by atoms with van der Waals surface area (Å²) in [6.07, 6.45) is 0.851. The number of sulfonamides is 1. The highest BCUT2D eigenvalue weighted by molar-refractivity contribution is 7.89. The van der Waals surface area contributed by atoms with Gasteiger partial charge in [0.1, 0.15) is 0 Å². The first-order chi connectivity index (χ1) is 12.0. The van der Waals surface area contributed by atoms with Crippen LogP contribution >= 0.6 is 12.4 Å². The van der Waals surface area contributed by atoms with Crippen molar-refractivity contribution in [3.05, 3.63) is 28.8 Å². The number of nitrogens with two attached hydrogens (primary N) is 1. The van der Waals surface area contributed by atoms with Crippen LogP contribution in [-0.2, 0) is 14.8 Å². The monoisotopic (exact) mass is 419 g/mol. The lowest BCUT2D eigenvalue weighted by Gasteiger charge is -2.21. The van der Waals surface area contributed by atoms with Gasteiger partial charge in [0.15, 0.2) is 0 Å². The second kappa shape index (κ2) is 11.0. The highest BCUT2D eigenvalue weighted by Gasteiger charge is 2.20. The summed E-state index contributed by atoms with van der Waals surface area (Å²) in [5.74, 6) is 0.271. The van der Waals surface area contributed by atoms with Gasteiger partial charge in [-0.15, -0.1) is 12.4 Å². The number of carbonyl (C=O) groups excluding carboxylic acids is 1. The van der Waals surface area contributed by atoms with Gasteiger partial charge in [-0.1, -0.05) is 31.5 Å². The number of hydrogen-bond donors (Lipinski definition) is 2. The molecule has 0 aliphatic heterocycles. The summed E-state index contributed by atoms with van der Waals surface area (Å²) < 4.78 is 27.7. The van der Waals surface area contributed by atoms with E-state index in [-0.39, 0.29) is 37.3 Å². The topological polar surface area (TPSA) is 92.5 Å². The van der Waals surface area contributed by atoms with Crippen LogP contribution in [0.25, 0.3) is 0 Å². The maximum atomic E-state index is 12.6. The van der Waals surface area contributed by atoms with Gasteiger partial charge in [0.2, 0.25) is 15.9 Å². The third-order valence-corrected chi connectivity index (χ3v) is 6.35. The zero-order chi connectivity index (χ0) is 20.1. The average Bonchev–Trinajstić information content (AvgIpc) is 2.50. The van der Waals surface area contributed by atoms with Crippen molar-refractivity contribution >= 4 is 28.3 Å². The van der Waals surface area contributed by atoms with Crippen LogP contribution in [-0.4, -0.2) is 45.4 Å². The Balaban J connectivity index is 0.00000676. The molecule has 1 aromatic carbocycles. The largest absolute Gasteiger partial charge is 0.346 e. The van der Waals surface area contributed by atoms with Gasteiger partial charge in [0.05, 0.1) is 4.90 Å². The maximum absolute atomic E-state index is 12.6. The summed E-state index contributed by atoms with van der Waals surface area (Å²) in [5, 5.41) is 0. The number of nitrogens with one attached hydrogen (secondary N) is 1. The molecule has 0 radical (unpaired) electrons. The fraction of sp³-hybridized carbons (Fsp3) is 0.632. The number of carbonyl (C=O) groups is 1. The van der Waals surface area contributed by atoms with Crippen molar-refractivity contribution in [1.29, 1.82) is 0 Å². The average molecular weight is 420 g/mol. The molecule has 0 saturated carbocycles. The second-order valence-electron chi connectivity index (χ2n) is 7.39. The van der Waals surface area contributed by atoms with E-state index in [2.05, 4.69) is 18.6 Å². The van der Waals surface area contributed by atoms with E-state index in [4.69, 9.17) is 5.73 Å². The molecule has 1 atom stereocenters. The Bertz CT molecular complexity index is 713. The van der Waals surface area contributed by atoms with Gasteiger partial charge in [-0.3, -0.25) is 4.79 Å². The molecule has 156 valence electrons. The van der Waals surface area contributed by atoms with Crippen molar-refractivity contribution < 1.29 is 13.2 Å². The standard InChI is InChI=1S/C19H33N3O3S.ClH/c1-13(2)17(20)8-10-22(6)18(23)7-9-21-26(24,25)19-15(4)11-14(3)12-16(19)5;/h11-13,17,21H,7-10,20H2,1-6H3;1H. The minimum atomic E-state index is -3.64. The van der Waals surface area contributed by atoms with Crippen molar-refractivity contribution in [1.82, 2.24) is 9.62 Å². The molecule has 0 bridgehead atoms. The summed E-state index contributed by atoms with van der Waals surface area (Å²) in [5.41, 5.74) is 8.44. The lowest BCUT2D eigenvalue weighted by atomic mass is 10.0. The van der Waals surface area contributed by atoms with Crippen molar-refractivity contribution in [2.45, 2.75) is 58.4 Å². The zero-order valence-corrected chi connectivity index (χ0v) is 18.8. The molecule has 1 aromatic rings. The smallest absolute Gasteiger partial charge is 0.241 e. The molecule has 27 heavy (non-hydrogen) atoms. The molecule has 6 nitrogen and oxygen atoms in total. The quantitative estimate of drug-likeness (QED) is 0.643. The lowest BCUT2D eigenvalue weighted by molar-refractivity contribution is -0.129. The molecule has 0 spiro atoms. The van der Waals surface area contributed by atoms with Crippen LogP contribution in [0.15, 0.2) is 17.0 Å². The van der Waals surface area contributed by atoms with Crippen LogP contribution in [0.2, 0.25) is 0 Å². The molecule has 0 fully saturated rings. The maximum Gasteiger partial charge on any atom is 0.241 e. The van der Waals surface area contributed by atoms with Crippen LogP contribution in [0.5, 0.6) is 0 Å². The SMILES string of the molecule is Cc1cc(C)c(S(=O)(=O)NCCC(=O)N(C)CCC(N)C(C)C)c(C)c1.Cl. The molecule has 0 saturated heterocycles. The summed E-state index contributed by atoms with van der Waals surface area (Å²) in [6.45, 7) is 10.3. The van der Waals surface area contributed by atoms with Crippen molar-refractivity contribution in [3.63, 3.8) is 0 Å². The number of nitrogens with zero attached hydrogens (tertiary/aromatic N) is 1. The van der Waals surface area contributed by atoms with E-state index >= 15 is 0 Å². The third-order valence-electron chi connectivity index (χ3n) is 4.58. The number of benzene rings is 1. The second-order valence-corrected chi connectivity index (χ2v) is 9.09. The molecular formula is C19H34ClN3O3S. The Morgan fingerprint density at radius 2 is 1.70 bits per heavy atom. The molecular weight excluding hydrogens is 386 g/mol. The van der Waals surface area contributed by atoms with Crippen LogP contribution < -0.4 is 10.5 Å². The van der Waals surface area contributed by atoms with Gasteiger partial charge >= 0.3 is 0 Å². The Morgan fingerprint density at radius 3 is 2.19 bits per heavy atom. The van der Waals surface area contributed by atoms with Gasteiger partial charge in [0.25, 0.3) is 0 Å². The van der Waals surface area contributed by atoms with E-state index in [1.165, 1.54) is 0 Å². The molecule has 0 aliphatic carbocycles. The molecule has 8 heteroatoms. The normalized spacial score (nSPS) is 12.6. The third kappa shape index (κ3) is 7.78. The number of rotatable bonds is 9. The van der Waals surface area contributed by atoms with Gasteiger partial charge in [-0.05, 0) is 44.2 Å². The van der Waals surface area contributed by atoms with Gasteiger partial charge in [-0.2, -0.15) is 0 Å². The first-order valence-electron chi connectivity index (χ1n) is 9.02. The summed E-state index contributed by atoms with van der Waals surface area (Å²) in [6, 6.07) is 3.74.